The third-order valence-corrected chi connectivity index (χ3v) is 2.82. The van der Waals surface area contributed by atoms with Crippen LogP contribution in [0.4, 0.5) is 4.39 Å². The lowest BCUT2D eigenvalue weighted by Crippen LogP contribution is -1.96. The number of benzene rings is 1. The number of nitrogens with zero attached hydrogens (tertiary/aromatic N) is 4. The monoisotopic (exact) mass is 264 g/mol. The van der Waals surface area contributed by atoms with Gasteiger partial charge in [-0.25, -0.2) is 9.07 Å². The molecule has 5 heteroatoms. The van der Waals surface area contributed by atoms with Crippen molar-refractivity contribution in [2.75, 3.05) is 0 Å². The van der Waals surface area contributed by atoms with Crippen LogP contribution in [0.2, 0.25) is 0 Å². The van der Waals surface area contributed by atoms with Gasteiger partial charge in [-0.3, -0.25) is 4.98 Å². The van der Waals surface area contributed by atoms with Crippen LogP contribution in [-0.2, 0) is 0 Å². The summed E-state index contributed by atoms with van der Waals surface area (Å²) in [6, 6.07) is 11.6. The van der Waals surface area contributed by atoms with Gasteiger partial charge in [-0.05, 0) is 30.3 Å². The molecule has 0 atom stereocenters. The van der Waals surface area contributed by atoms with E-state index in [1.54, 1.807) is 24.7 Å². The number of hydrogen-bond acceptors (Lipinski definition) is 3. The highest BCUT2D eigenvalue weighted by molar-refractivity contribution is 5.57. The van der Waals surface area contributed by atoms with Gasteiger partial charge in [-0.15, -0.1) is 0 Å². The lowest BCUT2D eigenvalue weighted by Gasteiger charge is -2.02. The van der Waals surface area contributed by atoms with E-state index in [-0.39, 0.29) is 5.56 Å². The van der Waals surface area contributed by atoms with Crippen molar-refractivity contribution in [1.29, 1.82) is 5.26 Å². The topological polar surface area (TPSA) is 54.5 Å². The van der Waals surface area contributed by atoms with Crippen LogP contribution in [0.5, 0.6) is 0 Å². The van der Waals surface area contributed by atoms with Crippen LogP contribution in [0.1, 0.15) is 5.56 Å². The van der Waals surface area contributed by atoms with Gasteiger partial charge in [0.15, 0.2) is 0 Å². The van der Waals surface area contributed by atoms with E-state index in [2.05, 4.69) is 10.1 Å². The number of hydrogen-bond donors (Lipinski definition) is 0. The number of rotatable bonds is 2. The van der Waals surface area contributed by atoms with Crippen LogP contribution >= 0.6 is 0 Å². The van der Waals surface area contributed by atoms with Crippen molar-refractivity contribution in [2.24, 2.45) is 0 Å². The fraction of sp³-hybridized carbons (Fsp3) is 0. The molecule has 2 heterocycles. The molecule has 0 amide bonds. The van der Waals surface area contributed by atoms with E-state index >= 15 is 0 Å². The molecule has 0 saturated heterocycles. The molecule has 0 bridgehead atoms. The molecule has 2 aromatic heterocycles. The molecular formula is C15H9FN4. The van der Waals surface area contributed by atoms with Crippen molar-refractivity contribution in [3.63, 3.8) is 0 Å². The molecule has 0 saturated carbocycles. The molecule has 20 heavy (non-hydrogen) atoms. The average molecular weight is 264 g/mol. The molecule has 0 N–H and O–H groups in total. The first-order valence-corrected chi connectivity index (χ1v) is 5.93. The van der Waals surface area contributed by atoms with Gasteiger partial charge < -0.3 is 0 Å². The molecule has 0 fully saturated rings. The van der Waals surface area contributed by atoms with Gasteiger partial charge in [-0.2, -0.15) is 10.4 Å². The maximum Gasteiger partial charge on any atom is 0.126 e. The Labute approximate surface area is 114 Å². The van der Waals surface area contributed by atoms with Crippen molar-refractivity contribution in [2.45, 2.75) is 0 Å². The SMILES string of the molecule is N#Cc1cc(F)cc(-n2cc(-c3ccccn3)cn2)c1. The van der Waals surface area contributed by atoms with Gasteiger partial charge in [-0.1, -0.05) is 6.07 Å². The van der Waals surface area contributed by atoms with Crippen molar-refractivity contribution in [1.82, 2.24) is 14.8 Å². The van der Waals surface area contributed by atoms with E-state index < -0.39 is 5.82 Å². The minimum absolute atomic E-state index is 0.259. The summed E-state index contributed by atoms with van der Waals surface area (Å²) in [7, 11) is 0. The van der Waals surface area contributed by atoms with Crippen LogP contribution in [0, 0.1) is 17.1 Å². The average Bonchev–Trinajstić information content (AvgIpc) is 2.97. The molecule has 0 radical (unpaired) electrons. The molecule has 0 aliphatic rings. The number of nitriles is 1. The lowest BCUT2D eigenvalue weighted by atomic mass is 10.2. The standard InChI is InChI=1S/C15H9FN4/c16-13-5-11(8-17)6-14(7-13)20-10-12(9-19-20)15-3-1-2-4-18-15/h1-7,9-10H. The van der Waals surface area contributed by atoms with E-state index in [4.69, 9.17) is 5.26 Å². The summed E-state index contributed by atoms with van der Waals surface area (Å²) in [6.07, 6.45) is 5.10. The van der Waals surface area contributed by atoms with Gasteiger partial charge in [0.2, 0.25) is 0 Å². The van der Waals surface area contributed by atoms with E-state index in [0.717, 1.165) is 11.3 Å². The minimum atomic E-state index is -0.464. The minimum Gasteiger partial charge on any atom is -0.256 e. The molecule has 96 valence electrons. The summed E-state index contributed by atoms with van der Waals surface area (Å²) in [6.45, 7) is 0. The Hall–Kier alpha value is -3.00. The fourth-order valence-corrected chi connectivity index (χ4v) is 1.90. The second-order valence-corrected chi connectivity index (χ2v) is 4.20. The van der Waals surface area contributed by atoms with Crippen LogP contribution < -0.4 is 0 Å². The van der Waals surface area contributed by atoms with Crippen LogP contribution in [0.3, 0.4) is 0 Å². The van der Waals surface area contributed by atoms with E-state index in [0.29, 0.717) is 5.69 Å². The van der Waals surface area contributed by atoms with E-state index in [9.17, 15) is 4.39 Å². The second-order valence-electron chi connectivity index (χ2n) is 4.20. The Morgan fingerprint density at radius 1 is 1.20 bits per heavy atom. The molecule has 0 aliphatic heterocycles. The first kappa shape index (κ1) is 12.1. The molecule has 3 rings (SSSR count). The smallest absolute Gasteiger partial charge is 0.126 e. The predicted molar refractivity (Wildman–Crippen MR) is 71.5 cm³/mol. The van der Waals surface area contributed by atoms with Gasteiger partial charge in [0, 0.05) is 18.0 Å². The summed E-state index contributed by atoms with van der Waals surface area (Å²) >= 11 is 0. The maximum absolute atomic E-state index is 13.4. The Bertz CT molecular complexity index is 787. The molecule has 4 nitrogen and oxygen atoms in total. The molecule has 3 aromatic rings. The summed E-state index contributed by atoms with van der Waals surface area (Å²) in [5.74, 6) is -0.464. The molecular weight excluding hydrogens is 255 g/mol. The zero-order chi connectivity index (χ0) is 13.9. The lowest BCUT2D eigenvalue weighted by molar-refractivity contribution is 0.625. The first-order valence-electron chi connectivity index (χ1n) is 5.93. The second kappa shape index (κ2) is 4.94. The Morgan fingerprint density at radius 3 is 2.85 bits per heavy atom. The zero-order valence-corrected chi connectivity index (χ0v) is 10.4. The zero-order valence-electron chi connectivity index (χ0n) is 10.4. The van der Waals surface area contributed by atoms with E-state index in [1.165, 1.54) is 16.8 Å². The van der Waals surface area contributed by atoms with Crippen molar-refractivity contribution < 1.29 is 4.39 Å². The molecule has 0 unspecified atom stereocenters. The highest BCUT2D eigenvalue weighted by Crippen LogP contribution is 2.18. The Balaban J connectivity index is 2.03. The molecule has 0 spiro atoms. The van der Waals surface area contributed by atoms with Crippen LogP contribution in [0.15, 0.2) is 55.0 Å². The fourth-order valence-electron chi connectivity index (χ4n) is 1.90. The normalized spacial score (nSPS) is 10.2. The summed E-state index contributed by atoms with van der Waals surface area (Å²) in [5.41, 5.74) is 2.38. The van der Waals surface area contributed by atoms with E-state index in [1.807, 2.05) is 24.3 Å². The van der Waals surface area contributed by atoms with Crippen LogP contribution in [-0.4, -0.2) is 14.8 Å². The summed E-state index contributed by atoms with van der Waals surface area (Å²) < 4.78 is 14.9. The molecule has 0 aliphatic carbocycles. The summed E-state index contributed by atoms with van der Waals surface area (Å²) in [5, 5.41) is 13.0. The van der Waals surface area contributed by atoms with Crippen molar-refractivity contribution in [3.8, 4) is 23.0 Å². The Morgan fingerprint density at radius 2 is 2.10 bits per heavy atom. The number of halogens is 1. The van der Waals surface area contributed by atoms with Gasteiger partial charge in [0.1, 0.15) is 5.82 Å². The highest BCUT2D eigenvalue weighted by atomic mass is 19.1. The quantitative estimate of drug-likeness (QED) is 0.715. The predicted octanol–water partition coefficient (Wildman–Crippen LogP) is 2.95. The Kier molecular flexibility index (Phi) is 2.98. The maximum atomic E-state index is 13.4. The van der Waals surface area contributed by atoms with Gasteiger partial charge in [0.05, 0.1) is 29.2 Å². The third-order valence-electron chi connectivity index (χ3n) is 2.82. The largest absolute Gasteiger partial charge is 0.256 e. The molecule has 1 aromatic carbocycles. The number of aromatic nitrogens is 3. The van der Waals surface area contributed by atoms with Crippen LogP contribution in [0.25, 0.3) is 16.9 Å². The van der Waals surface area contributed by atoms with Gasteiger partial charge >= 0.3 is 0 Å². The number of pyridine rings is 1. The third kappa shape index (κ3) is 2.27. The van der Waals surface area contributed by atoms with Gasteiger partial charge in [0.25, 0.3) is 0 Å². The highest BCUT2D eigenvalue weighted by Gasteiger charge is 2.06. The van der Waals surface area contributed by atoms with Crippen molar-refractivity contribution >= 4 is 0 Å². The van der Waals surface area contributed by atoms with Crippen molar-refractivity contribution in [3.05, 3.63) is 66.4 Å². The first-order chi connectivity index (χ1) is 9.76. The summed E-state index contributed by atoms with van der Waals surface area (Å²) in [4.78, 5) is 4.23.